The van der Waals surface area contributed by atoms with Crippen LogP contribution in [0.2, 0.25) is 5.15 Å². The zero-order valence-electron chi connectivity index (χ0n) is 18.2. The summed E-state index contributed by atoms with van der Waals surface area (Å²) in [5, 5.41) is 0.199. The summed E-state index contributed by atoms with van der Waals surface area (Å²) in [6.07, 6.45) is 2.25. The molecule has 1 aromatic carbocycles. The molecule has 0 spiro atoms. The van der Waals surface area contributed by atoms with Gasteiger partial charge in [-0.05, 0) is 50.2 Å². The molecule has 0 fully saturated rings. The van der Waals surface area contributed by atoms with Crippen molar-refractivity contribution in [1.29, 1.82) is 0 Å². The third-order valence-corrected chi connectivity index (χ3v) is 4.61. The van der Waals surface area contributed by atoms with Crippen LogP contribution in [0.3, 0.4) is 0 Å². The molecule has 8 heteroatoms. The molecule has 0 aliphatic carbocycles. The van der Waals surface area contributed by atoms with Gasteiger partial charge in [-0.15, -0.1) is 0 Å². The van der Waals surface area contributed by atoms with Crippen LogP contribution in [0.15, 0.2) is 42.6 Å². The molecule has 0 bridgehead atoms. The monoisotopic (exact) mass is 443 g/mol. The van der Waals surface area contributed by atoms with Crippen LogP contribution in [-0.2, 0) is 9.53 Å². The summed E-state index contributed by atoms with van der Waals surface area (Å²) in [7, 11) is 1.36. The fourth-order valence-corrected chi connectivity index (χ4v) is 2.78. The molecule has 0 aliphatic heterocycles. The Morgan fingerprint density at radius 2 is 1.77 bits per heavy atom. The number of methoxy groups -OCH3 is 1. The van der Waals surface area contributed by atoms with Gasteiger partial charge in [-0.3, -0.25) is 14.6 Å². The number of esters is 1. The van der Waals surface area contributed by atoms with Crippen molar-refractivity contribution in [2.24, 2.45) is 5.41 Å². The molecule has 7 nitrogen and oxygen atoms in total. The van der Waals surface area contributed by atoms with Crippen LogP contribution in [0.1, 0.15) is 38.2 Å². The van der Waals surface area contributed by atoms with E-state index in [2.05, 4.69) is 15.0 Å². The summed E-state index contributed by atoms with van der Waals surface area (Å²) >= 11 is 5.91. The number of rotatable bonds is 7. The molecule has 0 amide bonds. The van der Waals surface area contributed by atoms with Crippen LogP contribution >= 0.6 is 11.6 Å². The number of halogens is 1. The van der Waals surface area contributed by atoms with Crippen molar-refractivity contribution in [3.63, 3.8) is 0 Å². The lowest BCUT2D eigenvalue weighted by Crippen LogP contribution is -2.32. The zero-order chi connectivity index (χ0) is 23.0. The number of hydrogen-bond acceptors (Lipinski definition) is 6. The molecule has 2 aromatic heterocycles. The lowest BCUT2D eigenvalue weighted by molar-refractivity contribution is -0.152. The predicted octanol–water partition coefficient (Wildman–Crippen LogP) is 5.21. The number of nitrogens with zero attached hydrogens (tertiary/aromatic N) is 2. The Labute approximate surface area is 186 Å². The first kappa shape index (κ1) is 24.1. The lowest BCUT2D eigenvalue weighted by atomic mass is 9.95. The number of ether oxygens (including phenoxy) is 2. The number of carbonyl (C=O) groups excluding carboxylic acids is 2. The Bertz CT molecular complexity index is 1010. The molecule has 1 N–H and O–H groups in total. The Morgan fingerprint density at radius 3 is 2.29 bits per heavy atom. The average Bonchev–Trinajstić information content (AvgIpc) is 3.19. The normalized spacial score (nSPS) is 10.6. The molecule has 0 aliphatic rings. The summed E-state index contributed by atoms with van der Waals surface area (Å²) in [4.78, 5) is 34.0. The Balaban J connectivity index is 0.00000166. The van der Waals surface area contributed by atoms with Gasteiger partial charge in [-0.1, -0.05) is 25.4 Å². The molecule has 3 aromatic rings. The summed E-state index contributed by atoms with van der Waals surface area (Å²) in [6.45, 7) is 7.74. The van der Waals surface area contributed by atoms with E-state index in [-0.39, 0.29) is 23.4 Å². The van der Waals surface area contributed by atoms with Gasteiger partial charge in [0.25, 0.3) is 0 Å². The number of imidazole rings is 1. The van der Waals surface area contributed by atoms with Gasteiger partial charge in [0.15, 0.2) is 6.29 Å². The lowest BCUT2D eigenvalue weighted by Gasteiger charge is -2.21. The highest BCUT2D eigenvalue weighted by molar-refractivity contribution is 6.31. The molecule has 0 saturated heterocycles. The first-order chi connectivity index (χ1) is 14.8. The second kappa shape index (κ2) is 10.7. The van der Waals surface area contributed by atoms with Crippen molar-refractivity contribution in [2.75, 3.05) is 13.7 Å². The van der Waals surface area contributed by atoms with E-state index >= 15 is 0 Å². The van der Waals surface area contributed by atoms with E-state index in [1.54, 1.807) is 20.0 Å². The minimum Gasteiger partial charge on any atom is -0.492 e. The average molecular weight is 444 g/mol. The largest absolute Gasteiger partial charge is 0.492 e. The third kappa shape index (κ3) is 5.92. The van der Waals surface area contributed by atoms with Gasteiger partial charge in [0.1, 0.15) is 29.0 Å². The van der Waals surface area contributed by atoms with Gasteiger partial charge in [0, 0.05) is 17.3 Å². The van der Waals surface area contributed by atoms with Gasteiger partial charge in [0.05, 0.1) is 18.2 Å². The molecule has 3 rings (SSSR count). The van der Waals surface area contributed by atoms with Gasteiger partial charge in [0.2, 0.25) is 0 Å². The van der Waals surface area contributed by atoms with Crippen molar-refractivity contribution in [2.45, 2.75) is 27.7 Å². The highest BCUT2D eigenvalue weighted by Crippen LogP contribution is 2.26. The van der Waals surface area contributed by atoms with Crippen LogP contribution in [0, 0.1) is 5.41 Å². The zero-order valence-corrected chi connectivity index (χ0v) is 19.0. The van der Waals surface area contributed by atoms with E-state index in [0.29, 0.717) is 23.4 Å². The van der Waals surface area contributed by atoms with Crippen LogP contribution < -0.4 is 4.74 Å². The minimum absolute atomic E-state index is 0.164. The number of pyridine rings is 1. The number of carbonyl (C=O) groups is 2. The van der Waals surface area contributed by atoms with Crippen molar-refractivity contribution in [1.82, 2.24) is 15.0 Å². The van der Waals surface area contributed by atoms with Gasteiger partial charge in [-0.25, -0.2) is 4.98 Å². The summed E-state index contributed by atoms with van der Waals surface area (Å²) < 4.78 is 10.5. The van der Waals surface area contributed by atoms with Crippen LogP contribution in [0.5, 0.6) is 5.75 Å². The van der Waals surface area contributed by atoms with E-state index < -0.39 is 5.41 Å². The standard InChI is InChI=1S/C21H20ClN3O4.C2H6/c1-21(2,20(27)28-3)12-29-15-7-4-13(5-8-15)16-9-6-14(10-23-16)19-24-17(11-26)18(22)25-19;1-2/h4-11H,12H2,1-3H3,(H,24,25);1-2H3. The van der Waals surface area contributed by atoms with Crippen molar-refractivity contribution in [3.05, 3.63) is 53.4 Å². The number of hydrogen-bond donors (Lipinski definition) is 1. The minimum atomic E-state index is -0.733. The van der Waals surface area contributed by atoms with E-state index in [1.165, 1.54) is 7.11 Å². The number of aldehydes is 1. The Kier molecular flexibility index (Phi) is 8.33. The summed E-state index contributed by atoms with van der Waals surface area (Å²) in [6, 6.07) is 11.1. The molecular formula is C23H26ClN3O4. The fraction of sp³-hybridized carbons (Fsp3) is 0.304. The molecule has 164 valence electrons. The van der Waals surface area contributed by atoms with E-state index in [0.717, 1.165) is 11.3 Å². The first-order valence-electron chi connectivity index (χ1n) is 9.83. The maximum atomic E-state index is 11.7. The van der Waals surface area contributed by atoms with E-state index in [1.807, 2.05) is 50.2 Å². The van der Waals surface area contributed by atoms with Crippen LogP contribution in [0.25, 0.3) is 22.6 Å². The highest BCUT2D eigenvalue weighted by Gasteiger charge is 2.29. The van der Waals surface area contributed by atoms with Gasteiger partial charge < -0.3 is 14.5 Å². The smallest absolute Gasteiger partial charge is 0.314 e. The second-order valence-corrected chi connectivity index (χ2v) is 7.40. The molecule has 2 heterocycles. The molecule has 31 heavy (non-hydrogen) atoms. The van der Waals surface area contributed by atoms with Gasteiger partial charge >= 0.3 is 5.97 Å². The van der Waals surface area contributed by atoms with E-state index in [9.17, 15) is 9.59 Å². The topological polar surface area (TPSA) is 94.2 Å². The van der Waals surface area contributed by atoms with Crippen molar-refractivity contribution >= 4 is 23.9 Å². The molecule has 0 saturated carbocycles. The number of H-pyrrole nitrogens is 1. The fourth-order valence-electron chi connectivity index (χ4n) is 2.61. The summed E-state index contributed by atoms with van der Waals surface area (Å²) in [5.74, 6) is 0.804. The number of benzene rings is 1. The van der Waals surface area contributed by atoms with Crippen molar-refractivity contribution < 1.29 is 19.1 Å². The maximum Gasteiger partial charge on any atom is 0.314 e. The molecule has 0 unspecified atom stereocenters. The molecule has 0 radical (unpaired) electrons. The highest BCUT2D eigenvalue weighted by atomic mass is 35.5. The third-order valence-electron chi connectivity index (χ3n) is 4.32. The van der Waals surface area contributed by atoms with Gasteiger partial charge in [-0.2, -0.15) is 0 Å². The number of aromatic amines is 1. The van der Waals surface area contributed by atoms with Crippen LogP contribution in [0.4, 0.5) is 0 Å². The Morgan fingerprint density at radius 1 is 1.13 bits per heavy atom. The first-order valence-corrected chi connectivity index (χ1v) is 10.2. The quantitative estimate of drug-likeness (QED) is 0.398. The molecule has 0 atom stereocenters. The number of aromatic nitrogens is 3. The maximum absolute atomic E-state index is 11.7. The molecular weight excluding hydrogens is 418 g/mol. The SMILES string of the molecule is CC.COC(=O)C(C)(C)COc1ccc(-c2ccc(-c3nc(C=O)c(Cl)[nH]3)cn2)cc1. The van der Waals surface area contributed by atoms with Crippen molar-refractivity contribution in [3.8, 4) is 28.4 Å². The van der Waals surface area contributed by atoms with E-state index in [4.69, 9.17) is 21.1 Å². The van der Waals surface area contributed by atoms with Crippen LogP contribution in [-0.4, -0.2) is 40.9 Å². The number of nitrogens with one attached hydrogen (secondary N) is 1. The Hall–Kier alpha value is -3.19. The second-order valence-electron chi connectivity index (χ2n) is 7.02. The summed E-state index contributed by atoms with van der Waals surface area (Å²) in [5.41, 5.74) is 1.82. The predicted molar refractivity (Wildman–Crippen MR) is 120 cm³/mol.